The van der Waals surface area contributed by atoms with Crippen molar-refractivity contribution in [2.24, 2.45) is 0 Å². The number of anilines is 1. The summed E-state index contributed by atoms with van der Waals surface area (Å²) in [6, 6.07) is 11.7. The SMILES string of the molecule is CCCC(=O)SCCOP(=O)(OCCSC(=O)CCC)C(F)(F)c1ccc2sc(C(=O)NC3CCCC[C@H]4CC[C@@H](C(=O)N5C[C@@H](c6ccn(C7CCN(c8ccc9c(c8)[nH]c(=O)n9C8CCC(=O)NC8=O)CC7)c(=O)c6)CC56CC6)N4C3=O)cc2c1. The maximum Gasteiger partial charge on any atom is 0.404 e. The molecule has 2 unspecified atom stereocenters. The van der Waals surface area contributed by atoms with Crippen molar-refractivity contribution in [1.29, 1.82) is 0 Å². The standard InChI is InChI=1S/C61H73F2N8O12PS3/c1-3-7-53(74)85-29-27-82-84(81,83-28-30-86-54(75)8-4-2)61(62,63)40-11-17-49-38(31-40)32-50(87-49)56(77)64-44-10-6-5-9-42-12-15-48(70(42)57(44)78)58(79)69-36-39(35-60(69)22-23-60)37-19-26-68(52(73)33-37)41-20-24-67(25-21-41)43-13-14-46-45(34-43)65-59(80)71(46)47-16-18-51(72)66-55(47)76/h11,13-14,17,19,26,31-34,39,41-42,44,47-48H,3-10,12,15-16,18,20-25,27-30,35-36H2,1-2H3,(H,64,77)(H,65,80)(H,66,72,76)/t39-,42-,44?,47?,48-/m0/s1. The van der Waals surface area contributed by atoms with E-state index in [-0.39, 0.29) is 105 Å². The summed E-state index contributed by atoms with van der Waals surface area (Å²) in [7, 11) is -5.26. The van der Waals surface area contributed by atoms with Crippen LogP contribution in [-0.2, 0) is 48.0 Å². The van der Waals surface area contributed by atoms with E-state index in [1.807, 2.05) is 49.2 Å². The molecule has 1 aliphatic carbocycles. The lowest BCUT2D eigenvalue weighted by atomic mass is 9.96. The topological polar surface area (TPSA) is 249 Å². The molecular formula is C61H73F2N8O12PS3. The predicted octanol–water partition coefficient (Wildman–Crippen LogP) is 9.50. The molecule has 20 nitrogen and oxygen atoms in total. The minimum Gasteiger partial charge on any atom is -0.371 e. The molecule has 5 aliphatic heterocycles. The van der Waals surface area contributed by atoms with Gasteiger partial charge in [-0.1, -0.05) is 56.3 Å². The van der Waals surface area contributed by atoms with E-state index < -0.39 is 67.7 Å². The molecule has 466 valence electrons. The average molecular weight is 1280 g/mol. The number of aromatic amines is 1. The summed E-state index contributed by atoms with van der Waals surface area (Å²) >= 11 is 2.83. The number of amides is 5. The highest BCUT2D eigenvalue weighted by atomic mass is 32.2. The van der Waals surface area contributed by atoms with E-state index in [1.54, 1.807) is 15.5 Å². The number of thioether (sulfide) groups is 2. The number of imidazole rings is 1. The van der Waals surface area contributed by atoms with Gasteiger partial charge in [0.25, 0.3) is 11.5 Å². The fraction of sp³-hybridized carbons (Fsp3) is 0.557. The van der Waals surface area contributed by atoms with Crippen molar-refractivity contribution in [3.63, 3.8) is 0 Å². The summed E-state index contributed by atoms with van der Waals surface area (Å²) in [4.78, 5) is 128. The van der Waals surface area contributed by atoms with Crippen molar-refractivity contribution in [1.82, 2.24) is 34.6 Å². The lowest BCUT2D eigenvalue weighted by Gasteiger charge is -2.37. The van der Waals surface area contributed by atoms with Crippen LogP contribution in [-0.4, -0.2) is 132 Å². The van der Waals surface area contributed by atoms with Gasteiger partial charge in [-0.15, -0.1) is 11.3 Å². The second kappa shape index (κ2) is 26.2. The number of hydrogen-bond acceptors (Lipinski definition) is 16. The molecule has 5 saturated heterocycles. The Morgan fingerprint density at radius 2 is 1.54 bits per heavy atom. The number of fused-ring (bicyclic) bond motifs is 3. The van der Waals surface area contributed by atoms with Gasteiger partial charge < -0.3 is 38.6 Å². The van der Waals surface area contributed by atoms with Gasteiger partial charge in [-0.3, -0.25) is 52.8 Å². The van der Waals surface area contributed by atoms with Crippen LogP contribution in [0.2, 0.25) is 0 Å². The number of imide groups is 1. The Bertz CT molecular complexity index is 3640. The van der Waals surface area contributed by atoms with Crippen molar-refractivity contribution < 1.29 is 56.0 Å². The molecule has 0 bridgehead atoms. The number of carbonyl (C=O) groups is 7. The molecule has 3 aromatic heterocycles. The van der Waals surface area contributed by atoms with Crippen molar-refractivity contribution in [3.05, 3.63) is 97.6 Å². The van der Waals surface area contributed by atoms with Crippen LogP contribution >= 0.6 is 42.5 Å². The molecule has 11 rings (SSSR count). The third kappa shape index (κ3) is 13.1. The number of H-pyrrole nitrogens is 1. The molecule has 6 fully saturated rings. The molecule has 5 aromatic rings. The summed E-state index contributed by atoms with van der Waals surface area (Å²) in [6.07, 6.45) is 11.5. The Labute approximate surface area is 514 Å². The van der Waals surface area contributed by atoms with Gasteiger partial charge in [0.15, 0.2) is 10.2 Å². The molecule has 0 radical (unpaired) electrons. The van der Waals surface area contributed by atoms with Crippen LogP contribution in [0.15, 0.2) is 70.4 Å². The second-order valence-electron chi connectivity index (χ2n) is 23.8. The molecule has 8 heterocycles. The Morgan fingerprint density at radius 1 is 0.828 bits per heavy atom. The summed E-state index contributed by atoms with van der Waals surface area (Å²) < 4.78 is 61.6. The summed E-state index contributed by atoms with van der Waals surface area (Å²) in [5, 5.41) is 5.23. The molecule has 2 aromatic carbocycles. The lowest BCUT2D eigenvalue weighted by molar-refractivity contribution is -0.148. The molecule has 6 aliphatic rings. The molecule has 1 saturated carbocycles. The van der Waals surface area contributed by atoms with E-state index in [2.05, 4.69) is 20.5 Å². The van der Waals surface area contributed by atoms with E-state index >= 15 is 8.78 Å². The van der Waals surface area contributed by atoms with Crippen molar-refractivity contribution in [2.75, 3.05) is 49.3 Å². The van der Waals surface area contributed by atoms with E-state index in [9.17, 15) is 47.7 Å². The number of hydrogen-bond donors (Lipinski definition) is 3. The van der Waals surface area contributed by atoms with Gasteiger partial charge in [-0.2, -0.15) is 8.78 Å². The Morgan fingerprint density at radius 3 is 2.22 bits per heavy atom. The zero-order valence-electron chi connectivity index (χ0n) is 48.8. The largest absolute Gasteiger partial charge is 0.404 e. The zero-order chi connectivity index (χ0) is 61.4. The van der Waals surface area contributed by atoms with Gasteiger partial charge in [0.1, 0.15) is 18.1 Å². The smallest absolute Gasteiger partial charge is 0.371 e. The van der Waals surface area contributed by atoms with Crippen LogP contribution < -0.4 is 26.8 Å². The maximum atomic E-state index is 16.5. The van der Waals surface area contributed by atoms with E-state index in [0.717, 1.165) is 83.9 Å². The van der Waals surface area contributed by atoms with Crippen LogP contribution in [0, 0.1) is 0 Å². The minimum atomic E-state index is -5.26. The average Bonchev–Trinajstić information content (AvgIpc) is 1.62. The Hall–Kier alpha value is -5.98. The van der Waals surface area contributed by atoms with Crippen molar-refractivity contribution >= 4 is 109 Å². The first-order valence-electron chi connectivity index (χ1n) is 30.4. The predicted molar refractivity (Wildman–Crippen MR) is 330 cm³/mol. The first-order valence-corrected chi connectivity index (χ1v) is 34.7. The van der Waals surface area contributed by atoms with Crippen LogP contribution in [0.5, 0.6) is 0 Å². The number of halogens is 2. The van der Waals surface area contributed by atoms with Gasteiger partial charge in [0.2, 0.25) is 23.6 Å². The number of carbonyl (C=O) groups excluding carboxylic acids is 7. The number of benzene rings is 2. The number of nitrogens with one attached hydrogen (secondary N) is 3. The fourth-order valence-corrected chi connectivity index (χ4v) is 17.6. The lowest BCUT2D eigenvalue weighted by Crippen LogP contribution is -2.57. The number of nitrogens with zero attached hydrogens (tertiary/aromatic N) is 5. The highest BCUT2D eigenvalue weighted by Crippen LogP contribution is 2.67. The monoisotopic (exact) mass is 1270 g/mol. The van der Waals surface area contributed by atoms with Gasteiger partial charge >= 0.3 is 18.9 Å². The Balaban J connectivity index is 0.721. The van der Waals surface area contributed by atoms with Crippen LogP contribution in [0.1, 0.15) is 162 Å². The molecule has 5 amide bonds. The first-order chi connectivity index (χ1) is 41.8. The van der Waals surface area contributed by atoms with Gasteiger partial charge in [0.05, 0.1) is 29.1 Å². The van der Waals surface area contributed by atoms with Crippen molar-refractivity contribution in [3.8, 4) is 0 Å². The molecular weight excluding hydrogens is 1200 g/mol. The van der Waals surface area contributed by atoms with E-state index in [1.165, 1.54) is 16.7 Å². The highest BCUT2D eigenvalue weighted by Gasteiger charge is 2.59. The molecule has 5 atom stereocenters. The van der Waals surface area contributed by atoms with Gasteiger partial charge in [0, 0.05) is 102 Å². The third-order valence-electron chi connectivity index (χ3n) is 18.1. The number of thiophene rings is 1. The first kappa shape index (κ1) is 62.6. The zero-order valence-corrected chi connectivity index (χ0v) is 52.1. The number of alkyl halides is 2. The van der Waals surface area contributed by atoms with E-state index in [4.69, 9.17) is 9.05 Å². The van der Waals surface area contributed by atoms with Gasteiger partial charge in [-0.25, -0.2) is 4.79 Å². The van der Waals surface area contributed by atoms with Gasteiger partial charge in [-0.05, 0) is 130 Å². The molecule has 26 heteroatoms. The molecule has 87 heavy (non-hydrogen) atoms. The van der Waals surface area contributed by atoms with E-state index in [0.29, 0.717) is 93.2 Å². The molecule has 3 N–H and O–H groups in total. The number of pyridine rings is 1. The normalized spacial score (nSPS) is 22.6. The summed E-state index contributed by atoms with van der Waals surface area (Å²) in [6.45, 7) is 4.50. The summed E-state index contributed by atoms with van der Waals surface area (Å²) in [5.74, 6) is -2.01. The van der Waals surface area contributed by atoms with Crippen molar-refractivity contribution in [2.45, 2.75) is 170 Å². The number of piperidine rings is 2. The summed E-state index contributed by atoms with van der Waals surface area (Å²) in [5.41, 5.74) is -2.79. The minimum absolute atomic E-state index is 0.0255. The Kier molecular flexibility index (Phi) is 18.9. The fourth-order valence-electron chi connectivity index (χ4n) is 13.4. The quantitative estimate of drug-likeness (QED) is 0.0352. The third-order valence-corrected chi connectivity index (χ3v) is 23.0. The second-order valence-corrected chi connectivity index (χ2v) is 29.2. The number of aromatic nitrogens is 3. The van der Waals surface area contributed by atoms with Crippen LogP contribution in [0.25, 0.3) is 21.1 Å². The van der Waals surface area contributed by atoms with Crippen LogP contribution in [0.3, 0.4) is 0 Å². The van der Waals surface area contributed by atoms with Crippen LogP contribution in [0.4, 0.5) is 14.5 Å². The highest BCUT2D eigenvalue weighted by molar-refractivity contribution is 8.13. The number of likely N-dealkylation sites (tertiary alicyclic amines) is 1. The number of rotatable bonds is 21. The maximum absolute atomic E-state index is 16.5. The molecule has 1 spiro atoms.